The van der Waals surface area contributed by atoms with Crippen LogP contribution in [0.4, 0.5) is 5.82 Å². The number of allylic oxidation sites excluding steroid dienone is 1. The summed E-state index contributed by atoms with van der Waals surface area (Å²) in [7, 11) is 0. The van der Waals surface area contributed by atoms with Crippen molar-refractivity contribution in [2.24, 2.45) is 5.41 Å². The summed E-state index contributed by atoms with van der Waals surface area (Å²) in [5.41, 5.74) is 6.94. The zero-order valence-electron chi connectivity index (χ0n) is 22.5. The monoisotopic (exact) mass is 495 g/mol. The van der Waals surface area contributed by atoms with E-state index in [1.165, 1.54) is 66.6 Å². The molecule has 1 spiro atoms. The van der Waals surface area contributed by atoms with Gasteiger partial charge >= 0.3 is 0 Å². The number of piperidine rings is 2. The normalized spacial score (nSPS) is 18.3. The third-order valence-electron chi connectivity index (χ3n) is 8.25. The first-order chi connectivity index (χ1) is 18.3. The largest absolute Gasteiger partial charge is 0.489 e. The highest BCUT2D eigenvalue weighted by atomic mass is 16.5. The number of rotatable bonds is 5. The van der Waals surface area contributed by atoms with Crippen molar-refractivity contribution in [3.8, 4) is 5.75 Å². The van der Waals surface area contributed by atoms with Gasteiger partial charge in [-0.05, 0) is 104 Å². The number of aryl methyl sites for hydroxylation is 1. The summed E-state index contributed by atoms with van der Waals surface area (Å²) in [4.78, 5) is 7.40. The van der Waals surface area contributed by atoms with E-state index in [4.69, 9.17) is 9.72 Å². The van der Waals surface area contributed by atoms with E-state index in [9.17, 15) is 0 Å². The maximum Gasteiger partial charge on any atom is 0.128 e. The Morgan fingerprint density at radius 3 is 2.43 bits per heavy atom. The van der Waals surface area contributed by atoms with Gasteiger partial charge in [0.2, 0.25) is 0 Å². The molecule has 3 aliphatic rings. The predicted octanol–water partition coefficient (Wildman–Crippen LogP) is 7.03. The molecule has 2 aromatic carbocycles. The molecule has 2 aliphatic heterocycles. The van der Waals surface area contributed by atoms with Gasteiger partial charge in [0.1, 0.15) is 18.2 Å². The van der Waals surface area contributed by atoms with Gasteiger partial charge in [0.05, 0.1) is 0 Å². The smallest absolute Gasteiger partial charge is 0.128 e. The summed E-state index contributed by atoms with van der Waals surface area (Å²) in [6.07, 6.45) is 11.8. The highest BCUT2D eigenvalue weighted by Crippen LogP contribution is 2.40. The molecule has 1 aromatic heterocycles. The molecule has 37 heavy (non-hydrogen) atoms. The number of aromatic nitrogens is 1. The minimum Gasteiger partial charge on any atom is -0.489 e. The average Bonchev–Trinajstić information content (AvgIpc) is 2.98. The van der Waals surface area contributed by atoms with Crippen LogP contribution in [-0.4, -0.2) is 31.2 Å². The van der Waals surface area contributed by atoms with Crippen LogP contribution in [0.25, 0.3) is 5.57 Å². The molecule has 2 saturated heterocycles. The molecule has 0 bridgehead atoms. The second-order valence-corrected chi connectivity index (χ2v) is 10.4. The number of fused-ring (bicyclic) bond motifs is 1. The van der Waals surface area contributed by atoms with Gasteiger partial charge in [-0.15, -0.1) is 0 Å². The topological polar surface area (TPSA) is 37.4 Å². The molecule has 4 heteroatoms. The second-order valence-electron chi connectivity index (χ2n) is 10.4. The van der Waals surface area contributed by atoms with E-state index in [0.717, 1.165) is 37.5 Å². The number of nitrogens with zero attached hydrogens (tertiary/aromatic N) is 2. The van der Waals surface area contributed by atoms with Crippen LogP contribution in [0.5, 0.6) is 5.75 Å². The van der Waals surface area contributed by atoms with Crippen LogP contribution in [0, 0.1) is 5.41 Å². The molecule has 6 rings (SSSR count). The van der Waals surface area contributed by atoms with E-state index in [1.807, 2.05) is 19.9 Å². The molecule has 0 unspecified atom stereocenters. The van der Waals surface area contributed by atoms with Gasteiger partial charge in [-0.2, -0.15) is 0 Å². The molecule has 0 saturated carbocycles. The Balaban J connectivity index is 0.00000137. The molecule has 1 aliphatic carbocycles. The second kappa shape index (κ2) is 12.0. The maximum atomic E-state index is 6.08. The quantitative estimate of drug-likeness (QED) is 0.412. The highest BCUT2D eigenvalue weighted by Gasteiger charge is 2.35. The number of hydrogen-bond acceptors (Lipinski definition) is 4. The van der Waals surface area contributed by atoms with Crippen molar-refractivity contribution in [3.63, 3.8) is 0 Å². The highest BCUT2D eigenvalue weighted by molar-refractivity contribution is 5.82. The fraction of sp³-hybridized carbons (Fsp3) is 0.424. The third kappa shape index (κ3) is 5.91. The van der Waals surface area contributed by atoms with Crippen molar-refractivity contribution >= 4 is 11.4 Å². The molecule has 0 amide bonds. The van der Waals surface area contributed by atoms with Gasteiger partial charge in [0.15, 0.2) is 0 Å². The lowest BCUT2D eigenvalue weighted by Gasteiger charge is -2.44. The van der Waals surface area contributed by atoms with Crippen LogP contribution in [0.3, 0.4) is 0 Å². The molecular weight excluding hydrogens is 454 g/mol. The first kappa shape index (κ1) is 25.5. The number of nitrogens with one attached hydrogen (secondary N) is 1. The standard InChI is InChI=1S/C31H35N3O.C2H6/c1-2-5-24(6-3-1)23-35-27-10-11-29-25(21-27)7-4-8-28(29)26-9-12-30(33-22-26)34-19-15-31(16-20-34)13-17-32-18-14-31;1-2/h1-3,5-6,8-12,21-22,32H,4,7,13-20,23H2;1-2H3. The van der Waals surface area contributed by atoms with Crippen LogP contribution < -0.4 is 15.0 Å². The summed E-state index contributed by atoms with van der Waals surface area (Å²) in [5.74, 6) is 2.07. The van der Waals surface area contributed by atoms with Gasteiger partial charge in [-0.1, -0.05) is 56.3 Å². The van der Waals surface area contributed by atoms with E-state index >= 15 is 0 Å². The van der Waals surface area contributed by atoms with Crippen LogP contribution >= 0.6 is 0 Å². The first-order valence-corrected chi connectivity index (χ1v) is 14.2. The lowest BCUT2D eigenvalue weighted by molar-refractivity contribution is 0.154. The van der Waals surface area contributed by atoms with E-state index in [1.54, 1.807) is 0 Å². The maximum absolute atomic E-state index is 6.08. The Morgan fingerprint density at radius 2 is 1.70 bits per heavy atom. The summed E-state index contributed by atoms with van der Waals surface area (Å²) in [6, 6.07) is 21.4. The SMILES string of the molecule is C1=C(c2ccc(N3CCC4(CCNCC4)CC3)nc2)c2ccc(OCc3ccccc3)cc2CC1.CC. The molecule has 2 fully saturated rings. The molecular formula is C33H41N3O. The van der Waals surface area contributed by atoms with Crippen LogP contribution in [-0.2, 0) is 13.0 Å². The van der Waals surface area contributed by atoms with Crippen LogP contribution in [0.2, 0.25) is 0 Å². The average molecular weight is 496 g/mol. The molecule has 3 aromatic rings. The number of benzene rings is 2. The fourth-order valence-corrected chi connectivity index (χ4v) is 6.03. The van der Waals surface area contributed by atoms with Crippen molar-refractivity contribution in [1.82, 2.24) is 10.3 Å². The van der Waals surface area contributed by atoms with Crippen molar-refractivity contribution in [2.75, 3.05) is 31.1 Å². The molecule has 1 N–H and O–H groups in total. The molecule has 4 nitrogen and oxygen atoms in total. The van der Waals surface area contributed by atoms with Crippen molar-refractivity contribution < 1.29 is 4.74 Å². The summed E-state index contributed by atoms with van der Waals surface area (Å²) < 4.78 is 6.08. The Kier molecular flexibility index (Phi) is 8.25. The minimum absolute atomic E-state index is 0.571. The third-order valence-corrected chi connectivity index (χ3v) is 8.25. The number of pyridine rings is 1. The fourth-order valence-electron chi connectivity index (χ4n) is 6.03. The Bertz CT molecular complexity index is 1170. The van der Waals surface area contributed by atoms with Crippen molar-refractivity contribution in [1.29, 1.82) is 0 Å². The van der Waals surface area contributed by atoms with Crippen LogP contribution in [0.1, 0.15) is 68.2 Å². The van der Waals surface area contributed by atoms with Crippen LogP contribution in [0.15, 0.2) is 72.9 Å². The van der Waals surface area contributed by atoms with E-state index in [-0.39, 0.29) is 0 Å². The molecule has 0 atom stereocenters. The predicted molar refractivity (Wildman–Crippen MR) is 154 cm³/mol. The van der Waals surface area contributed by atoms with E-state index in [2.05, 4.69) is 77.1 Å². The number of anilines is 1. The summed E-state index contributed by atoms with van der Waals surface area (Å²) in [6.45, 7) is 9.23. The Hall–Kier alpha value is -3.11. The molecule has 3 heterocycles. The zero-order valence-corrected chi connectivity index (χ0v) is 22.5. The first-order valence-electron chi connectivity index (χ1n) is 14.2. The number of ether oxygens (including phenoxy) is 1. The summed E-state index contributed by atoms with van der Waals surface area (Å²) >= 11 is 0. The van der Waals surface area contributed by atoms with E-state index < -0.39 is 0 Å². The lowest BCUT2D eigenvalue weighted by atomic mass is 9.71. The molecule has 0 radical (unpaired) electrons. The van der Waals surface area contributed by atoms with Gasteiger partial charge in [-0.25, -0.2) is 4.98 Å². The van der Waals surface area contributed by atoms with E-state index in [0.29, 0.717) is 12.0 Å². The van der Waals surface area contributed by atoms with Gasteiger partial charge in [0.25, 0.3) is 0 Å². The van der Waals surface area contributed by atoms with Crippen molar-refractivity contribution in [2.45, 2.75) is 59.0 Å². The zero-order chi connectivity index (χ0) is 25.5. The lowest BCUT2D eigenvalue weighted by Crippen LogP contribution is -2.45. The molecule has 194 valence electrons. The van der Waals surface area contributed by atoms with Crippen molar-refractivity contribution in [3.05, 3.63) is 95.2 Å². The minimum atomic E-state index is 0.571. The van der Waals surface area contributed by atoms with Gasteiger partial charge < -0.3 is 15.0 Å². The Labute approximate surface area is 222 Å². The number of hydrogen-bond donors (Lipinski definition) is 1. The van der Waals surface area contributed by atoms with Gasteiger partial charge in [-0.3, -0.25) is 0 Å². The summed E-state index contributed by atoms with van der Waals surface area (Å²) in [5, 5.41) is 3.52. The van der Waals surface area contributed by atoms with Gasteiger partial charge in [0, 0.05) is 24.8 Å². The Morgan fingerprint density at radius 1 is 0.919 bits per heavy atom.